The van der Waals surface area contributed by atoms with E-state index in [1.807, 2.05) is 0 Å². The highest BCUT2D eigenvalue weighted by Crippen LogP contribution is 2.49. The zero-order valence-corrected chi connectivity index (χ0v) is 13.9. The Morgan fingerprint density at radius 2 is 1.86 bits per heavy atom. The van der Waals surface area contributed by atoms with Gasteiger partial charge < -0.3 is 10.5 Å². The van der Waals surface area contributed by atoms with Crippen LogP contribution in [0.1, 0.15) is 32.3 Å². The molecule has 6 nitrogen and oxygen atoms in total. The van der Waals surface area contributed by atoms with Gasteiger partial charge >= 0.3 is 5.97 Å². The average Bonchev–Trinajstić information content (AvgIpc) is 3.26. The van der Waals surface area contributed by atoms with Crippen molar-refractivity contribution in [3.63, 3.8) is 0 Å². The molecule has 0 unspecified atom stereocenters. The quantitative estimate of drug-likeness (QED) is 0.757. The van der Waals surface area contributed by atoms with Crippen LogP contribution >= 0.6 is 0 Å². The number of nitrogens with one attached hydrogen (secondary N) is 1. The maximum absolute atomic E-state index is 12.2. The van der Waals surface area contributed by atoms with Crippen molar-refractivity contribution in [1.29, 1.82) is 0 Å². The van der Waals surface area contributed by atoms with Crippen LogP contribution < -0.4 is 10.5 Å². The number of nitrogens with two attached hydrogens (primary N) is 1. The normalized spacial score (nSPS) is 17.1. The van der Waals surface area contributed by atoms with Gasteiger partial charge in [0.25, 0.3) is 0 Å². The van der Waals surface area contributed by atoms with Crippen molar-refractivity contribution in [3.8, 4) is 0 Å². The van der Waals surface area contributed by atoms with Gasteiger partial charge in [0.2, 0.25) is 10.0 Å². The fourth-order valence-corrected chi connectivity index (χ4v) is 3.47. The molecular formula is C15H22N2O4S. The van der Waals surface area contributed by atoms with Crippen LogP contribution in [-0.4, -0.2) is 33.6 Å². The highest BCUT2D eigenvalue weighted by atomic mass is 32.2. The summed E-state index contributed by atoms with van der Waals surface area (Å²) in [6.45, 7) is 3.63. The first-order chi connectivity index (χ1) is 10.1. The molecule has 0 aliphatic heterocycles. The largest absolute Gasteiger partial charge is 0.468 e. The van der Waals surface area contributed by atoms with Crippen LogP contribution in [0.3, 0.4) is 0 Å². The lowest BCUT2D eigenvalue weighted by molar-refractivity contribution is -0.143. The Morgan fingerprint density at radius 3 is 2.27 bits per heavy atom. The molecule has 1 aliphatic rings. The molecule has 0 heterocycles. The second-order valence-electron chi connectivity index (χ2n) is 6.41. The predicted molar refractivity (Wildman–Crippen MR) is 82.8 cm³/mol. The number of hydrogen-bond acceptors (Lipinski definition) is 5. The molecule has 0 saturated heterocycles. The molecule has 1 saturated carbocycles. The van der Waals surface area contributed by atoms with Gasteiger partial charge in [0.05, 0.1) is 17.4 Å². The molecule has 7 heteroatoms. The molecule has 0 aromatic heterocycles. The predicted octanol–water partition coefficient (Wildman–Crippen LogP) is 0.907. The molecule has 2 rings (SSSR count). The number of carbonyl (C=O) groups excluding carboxylic acids is 1. The zero-order valence-electron chi connectivity index (χ0n) is 13.0. The number of hydrogen-bond donors (Lipinski definition) is 2. The molecular weight excluding hydrogens is 304 g/mol. The number of esters is 1. The fourth-order valence-electron chi connectivity index (χ4n) is 2.25. The Kier molecular flexibility index (Phi) is 4.34. The van der Waals surface area contributed by atoms with Crippen molar-refractivity contribution in [1.82, 2.24) is 4.72 Å². The van der Waals surface area contributed by atoms with Crippen molar-refractivity contribution in [2.45, 2.75) is 42.5 Å². The first-order valence-corrected chi connectivity index (χ1v) is 8.57. The molecule has 1 aliphatic carbocycles. The van der Waals surface area contributed by atoms with Crippen LogP contribution in [0.5, 0.6) is 0 Å². The van der Waals surface area contributed by atoms with Gasteiger partial charge in [-0.2, -0.15) is 0 Å². The second-order valence-corrected chi connectivity index (χ2v) is 8.18. The number of benzene rings is 1. The number of sulfonamides is 1. The molecule has 0 spiro atoms. The summed E-state index contributed by atoms with van der Waals surface area (Å²) in [7, 11) is -2.25. The summed E-state index contributed by atoms with van der Waals surface area (Å²) in [6.07, 6.45) is 1.46. The van der Waals surface area contributed by atoms with E-state index in [1.54, 1.807) is 26.0 Å². The van der Waals surface area contributed by atoms with Crippen LogP contribution in [-0.2, 0) is 25.0 Å². The Labute approximate surface area is 131 Å². The molecule has 122 valence electrons. The van der Waals surface area contributed by atoms with Crippen molar-refractivity contribution < 1.29 is 17.9 Å². The molecule has 0 amide bonds. The van der Waals surface area contributed by atoms with Gasteiger partial charge in [-0.1, -0.05) is 12.1 Å². The minimum atomic E-state index is -3.61. The Balaban J connectivity index is 2.17. The first kappa shape index (κ1) is 16.9. The first-order valence-electron chi connectivity index (χ1n) is 7.08. The summed E-state index contributed by atoms with van der Waals surface area (Å²) < 4.78 is 31.7. The van der Waals surface area contributed by atoms with E-state index in [1.165, 1.54) is 19.2 Å². The highest BCUT2D eigenvalue weighted by Gasteiger charge is 2.52. The van der Waals surface area contributed by atoms with Crippen LogP contribution in [0.2, 0.25) is 0 Å². The van der Waals surface area contributed by atoms with Gasteiger partial charge in [-0.3, -0.25) is 4.79 Å². The van der Waals surface area contributed by atoms with Crippen molar-refractivity contribution in [3.05, 3.63) is 29.8 Å². The summed E-state index contributed by atoms with van der Waals surface area (Å²) in [5, 5.41) is 0. The van der Waals surface area contributed by atoms with E-state index in [0.717, 1.165) is 18.4 Å². The summed E-state index contributed by atoms with van der Waals surface area (Å²) in [4.78, 5) is 12.0. The molecule has 1 aromatic carbocycles. The third kappa shape index (κ3) is 3.48. The summed E-state index contributed by atoms with van der Waals surface area (Å²) in [6, 6.07) is 6.35. The number of carbonyl (C=O) groups is 1. The molecule has 3 N–H and O–H groups in total. The lowest BCUT2D eigenvalue weighted by Gasteiger charge is -2.19. The second kappa shape index (κ2) is 5.64. The summed E-state index contributed by atoms with van der Waals surface area (Å²) >= 11 is 0. The molecule has 1 fully saturated rings. The van der Waals surface area contributed by atoms with Gasteiger partial charge in [0.15, 0.2) is 0 Å². The van der Waals surface area contributed by atoms with E-state index in [9.17, 15) is 13.2 Å². The van der Waals surface area contributed by atoms with Crippen LogP contribution in [0, 0.1) is 0 Å². The minimum absolute atomic E-state index is 0.142. The maximum Gasteiger partial charge on any atom is 0.316 e. The number of ether oxygens (including phenoxy) is 1. The van der Waals surface area contributed by atoms with Gasteiger partial charge in [0.1, 0.15) is 0 Å². The summed E-state index contributed by atoms with van der Waals surface area (Å²) in [5.74, 6) is -0.272. The number of rotatable bonds is 6. The van der Waals surface area contributed by atoms with Crippen LogP contribution in [0.4, 0.5) is 0 Å². The third-order valence-corrected chi connectivity index (χ3v) is 5.18. The fraction of sp³-hybridized carbons (Fsp3) is 0.533. The smallest absolute Gasteiger partial charge is 0.316 e. The Bertz CT molecular complexity index is 656. The topological polar surface area (TPSA) is 98.5 Å². The molecule has 22 heavy (non-hydrogen) atoms. The van der Waals surface area contributed by atoms with Crippen molar-refractivity contribution in [2.24, 2.45) is 5.73 Å². The van der Waals surface area contributed by atoms with E-state index in [2.05, 4.69) is 4.72 Å². The van der Waals surface area contributed by atoms with Gasteiger partial charge in [0, 0.05) is 12.1 Å². The molecule has 0 atom stereocenters. The van der Waals surface area contributed by atoms with Crippen LogP contribution in [0.25, 0.3) is 0 Å². The highest BCUT2D eigenvalue weighted by molar-refractivity contribution is 7.89. The monoisotopic (exact) mass is 326 g/mol. The van der Waals surface area contributed by atoms with Gasteiger partial charge in [-0.05, 0) is 44.4 Å². The maximum atomic E-state index is 12.2. The molecule has 0 radical (unpaired) electrons. The van der Waals surface area contributed by atoms with E-state index in [4.69, 9.17) is 10.5 Å². The van der Waals surface area contributed by atoms with Crippen LogP contribution in [0.15, 0.2) is 29.2 Å². The lowest BCUT2D eigenvalue weighted by atomic mass is 9.96. The lowest BCUT2D eigenvalue weighted by Crippen LogP contribution is -2.45. The Hall–Kier alpha value is -1.44. The van der Waals surface area contributed by atoms with E-state index in [0.29, 0.717) is 0 Å². The molecule has 0 bridgehead atoms. The van der Waals surface area contributed by atoms with E-state index >= 15 is 0 Å². The summed E-state index contributed by atoms with van der Waals surface area (Å²) in [5.41, 5.74) is 5.35. The van der Waals surface area contributed by atoms with Gasteiger partial charge in [-0.25, -0.2) is 13.1 Å². The van der Waals surface area contributed by atoms with E-state index < -0.39 is 21.0 Å². The van der Waals surface area contributed by atoms with Gasteiger partial charge in [-0.15, -0.1) is 0 Å². The van der Waals surface area contributed by atoms with E-state index in [-0.39, 0.29) is 17.4 Å². The molecule has 1 aromatic rings. The zero-order chi connectivity index (χ0) is 16.6. The van der Waals surface area contributed by atoms with Crippen molar-refractivity contribution in [2.75, 3.05) is 13.7 Å². The standard InChI is InChI=1S/C15H22N2O4S/c1-14(2,16)10-17-22(19,20)12-6-4-11(5-7-12)15(8-9-15)13(18)21-3/h4-7,17H,8-10,16H2,1-3H3. The van der Waals surface area contributed by atoms with Crippen molar-refractivity contribution >= 4 is 16.0 Å². The average molecular weight is 326 g/mol. The minimum Gasteiger partial charge on any atom is -0.468 e. The number of methoxy groups -OCH3 is 1. The Morgan fingerprint density at radius 1 is 1.32 bits per heavy atom. The SMILES string of the molecule is COC(=O)C1(c2ccc(S(=O)(=O)NCC(C)(C)N)cc2)CC1. The third-order valence-electron chi connectivity index (χ3n) is 3.76.